The number of para-hydroxylation sites is 1. The summed E-state index contributed by atoms with van der Waals surface area (Å²) in [7, 11) is 0. The molecule has 2 aromatic rings. The van der Waals surface area contributed by atoms with Crippen LogP contribution in [0.2, 0.25) is 0 Å². The van der Waals surface area contributed by atoms with Gasteiger partial charge in [0.25, 0.3) is 0 Å². The maximum Gasteiger partial charge on any atom is 0.237 e. The highest BCUT2D eigenvalue weighted by Gasteiger charge is 2.32. The van der Waals surface area contributed by atoms with Crippen LogP contribution in [0.15, 0.2) is 42.5 Å². The fourth-order valence-electron chi connectivity index (χ4n) is 3.48. The maximum absolute atomic E-state index is 12.6. The smallest absolute Gasteiger partial charge is 0.237 e. The van der Waals surface area contributed by atoms with Crippen molar-refractivity contribution in [3.63, 3.8) is 0 Å². The number of hydrogen-bond acceptors (Lipinski definition) is 3. The molecule has 0 aromatic heterocycles. The first-order valence-electron chi connectivity index (χ1n) is 8.63. The van der Waals surface area contributed by atoms with Crippen LogP contribution in [0.25, 0.3) is 0 Å². The molecule has 0 saturated heterocycles. The standard InChI is InChI=1S/C20H19N3O3/c1-11(12-6-7-17-14(8-12)10-18(24)22-17)21-19(25)15-9-13-4-2-3-5-16(13)23-20(15)26/h2-8,11,15H,9-10H2,1H3,(H,21,25)(H,22,24)(H,23,26). The molecule has 26 heavy (non-hydrogen) atoms. The quantitative estimate of drug-likeness (QED) is 0.742. The third-order valence-corrected chi connectivity index (χ3v) is 4.95. The van der Waals surface area contributed by atoms with E-state index in [1.807, 2.05) is 49.4 Å². The summed E-state index contributed by atoms with van der Waals surface area (Å²) < 4.78 is 0. The van der Waals surface area contributed by atoms with Gasteiger partial charge in [-0.05, 0) is 42.2 Å². The molecule has 0 spiro atoms. The second-order valence-electron chi connectivity index (χ2n) is 6.77. The Hall–Kier alpha value is -3.15. The lowest BCUT2D eigenvalue weighted by Crippen LogP contribution is -2.42. The summed E-state index contributed by atoms with van der Waals surface area (Å²) in [6.45, 7) is 1.87. The summed E-state index contributed by atoms with van der Waals surface area (Å²) in [4.78, 5) is 36.4. The van der Waals surface area contributed by atoms with E-state index < -0.39 is 5.92 Å². The predicted molar refractivity (Wildman–Crippen MR) is 97.6 cm³/mol. The van der Waals surface area contributed by atoms with Gasteiger partial charge in [0, 0.05) is 11.4 Å². The van der Waals surface area contributed by atoms with Gasteiger partial charge in [-0.2, -0.15) is 0 Å². The second kappa shape index (κ2) is 6.29. The van der Waals surface area contributed by atoms with Gasteiger partial charge in [0.1, 0.15) is 5.92 Å². The van der Waals surface area contributed by atoms with E-state index in [9.17, 15) is 14.4 Å². The van der Waals surface area contributed by atoms with E-state index in [0.717, 1.165) is 28.1 Å². The minimum Gasteiger partial charge on any atom is -0.349 e. The number of carbonyl (C=O) groups excluding carboxylic acids is 3. The molecule has 2 heterocycles. The number of amides is 3. The van der Waals surface area contributed by atoms with Gasteiger partial charge >= 0.3 is 0 Å². The fourth-order valence-corrected chi connectivity index (χ4v) is 3.48. The van der Waals surface area contributed by atoms with Gasteiger partial charge in [0.15, 0.2) is 0 Å². The zero-order valence-electron chi connectivity index (χ0n) is 14.3. The van der Waals surface area contributed by atoms with E-state index in [0.29, 0.717) is 12.8 Å². The van der Waals surface area contributed by atoms with Crippen LogP contribution in [0.4, 0.5) is 11.4 Å². The van der Waals surface area contributed by atoms with Crippen LogP contribution < -0.4 is 16.0 Å². The molecule has 0 bridgehead atoms. The lowest BCUT2D eigenvalue weighted by molar-refractivity contribution is -0.133. The van der Waals surface area contributed by atoms with Crippen molar-refractivity contribution in [3.8, 4) is 0 Å². The SMILES string of the molecule is CC(NC(=O)C1Cc2ccccc2NC1=O)c1ccc2c(c1)CC(=O)N2. The summed E-state index contributed by atoms with van der Waals surface area (Å²) in [5.74, 6) is -1.34. The van der Waals surface area contributed by atoms with Crippen molar-refractivity contribution in [1.29, 1.82) is 0 Å². The summed E-state index contributed by atoms with van der Waals surface area (Å²) in [5, 5.41) is 8.51. The zero-order valence-corrected chi connectivity index (χ0v) is 14.3. The first-order chi connectivity index (χ1) is 12.5. The Labute approximate surface area is 151 Å². The molecule has 2 atom stereocenters. The number of anilines is 2. The highest BCUT2D eigenvalue weighted by molar-refractivity contribution is 6.08. The maximum atomic E-state index is 12.6. The number of hydrogen-bond donors (Lipinski definition) is 3. The minimum absolute atomic E-state index is 0.0219. The van der Waals surface area contributed by atoms with Gasteiger partial charge < -0.3 is 16.0 Å². The number of carbonyl (C=O) groups is 3. The van der Waals surface area contributed by atoms with Crippen molar-refractivity contribution in [2.24, 2.45) is 5.92 Å². The zero-order chi connectivity index (χ0) is 18.3. The molecule has 2 unspecified atom stereocenters. The number of fused-ring (bicyclic) bond motifs is 2. The molecule has 2 aliphatic heterocycles. The van der Waals surface area contributed by atoms with E-state index >= 15 is 0 Å². The Morgan fingerprint density at radius 3 is 2.69 bits per heavy atom. The molecular weight excluding hydrogens is 330 g/mol. The van der Waals surface area contributed by atoms with Crippen molar-refractivity contribution < 1.29 is 14.4 Å². The van der Waals surface area contributed by atoms with E-state index in [1.165, 1.54) is 0 Å². The monoisotopic (exact) mass is 349 g/mol. The molecule has 2 aliphatic rings. The fraction of sp³-hybridized carbons (Fsp3) is 0.250. The van der Waals surface area contributed by atoms with Crippen molar-refractivity contribution in [2.45, 2.75) is 25.8 Å². The molecule has 3 amide bonds. The first kappa shape index (κ1) is 16.3. The highest BCUT2D eigenvalue weighted by Crippen LogP contribution is 2.28. The Balaban J connectivity index is 1.47. The Bertz CT molecular complexity index is 922. The topological polar surface area (TPSA) is 87.3 Å². The van der Waals surface area contributed by atoms with Gasteiger partial charge in [-0.25, -0.2) is 0 Å². The van der Waals surface area contributed by atoms with Gasteiger partial charge in [0.2, 0.25) is 17.7 Å². The van der Waals surface area contributed by atoms with Crippen LogP contribution in [0.5, 0.6) is 0 Å². The van der Waals surface area contributed by atoms with Crippen LogP contribution in [-0.4, -0.2) is 17.7 Å². The van der Waals surface area contributed by atoms with Crippen LogP contribution in [-0.2, 0) is 27.2 Å². The predicted octanol–water partition coefficient (Wildman–Crippen LogP) is 2.17. The van der Waals surface area contributed by atoms with Gasteiger partial charge in [0.05, 0.1) is 12.5 Å². The molecular formula is C20H19N3O3. The molecule has 0 aliphatic carbocycles. The molecule has 4 rings (SSSR count). The average molecular weight is 349 g/mol. The van der Waals surface area contributed by atoms with E-state index in [4.69, 9.17) is 0 Å². The molecule has 0 saturated carbocycles. The molecule has 2 aromatic carbocycles. The summed E-state index contributed by atoms with van der Waals surface area (Å²) >= 11 is 0. The van der Waals surface area contributed by atoms with Gasteiger partial charge in [-0.1, -0.05) is 30.3 Å². The number of benzene rings is 2. The average Bonchev–Trinajstić information content (AvgIpc) is 3.00. The minimum atomic E-state index is -0.745. The highest BCUT2D eigenvalue weighted by atomic mass is 16.2. The lowest BCUT2D eigenvalue weighted by Gasteiger charge is -2.25. The normalized spacial score (nSPS) is 19.0. The summed E-state index contributed by atoms with van der Waals surface area (Å²) in [6.07, 6.45) is 0.745. The largest absolute Gasteiger partial charge is 0.349 e. The lowest BCUT2D eigenvalue weighted by atomic mass is 9.92. The van der Waals surface area contributed by atoms with Crippen molar-refractivity contribution >= 4 is 29.1 Å². The summed E-state index contributed by atoms with van der Waals surface area (Å²) in [5.41, 5.74) is 4.39. The Morgan fingerprint density at radius 1 is 1.08 bits per heavy atom. The third kappa shape index (κ3) is 2.94. The third-order valence-electron chi connectivity index (χ3n) is 4.95. The Morgan fingerprint density at radius 2 is 1.85 bits per heavy atom. The molecule has 0 fully saturated rings. The summed E-state index contributed by atoms with van der Waals surface area (Å²) in [6, 6.07) is 12.9. The molecule has 3 N–H and O–H groups in total. The van der Waals surface area contributed by atoms with E-state index in [2.05, 4.69) is 16.0 Å². The van der Waals surface area contributed by atoms with Crippen LogP contribution in [0.3, 0.4) is 0 Å². The van der Waals surface area contributed by atoms with Gasteiger partial charge in [-0.3, -0.25) is 14.4 Å². The Kier molecular flexibility index (Phi) is 3.95. The van der Waals surface area contributed by atoms with Crippen LogP contribution in [0.1, 0.15) is 29.7 Å². The van der Waals surface area contributed by atoms with Gasteiger partial charge in [-0.15, -0.1) is 0 Å². The molecule has 0 radical (unpaired) electrons. The number of rotatable bonds is 3. The first-order valence-corrected chi connectivity index (χ1v) is 8.63. The van der Waals surface area contributed by atoms with Crippen molar-refractivity contribution in [2.75, 3.05) is 10.6 Å². The number of nitrogens with one attached hydrogen (secondary N) is 3. The van der Waals surface area contributed by atoms with Crippen LogP contribution in [0, 0.1) is 5.92 Å². The van der Waals surface area contributed by atoms with E-state index in [1.54, 1.807) is 0 Å². The molecule has 132 valence electrons. The van der Waals surface area contributed by atoms with E-state index in [-0.39, 0.29) is 23.8 Å². The van der Waals surface area contributed by atoms with Crippen molar-refractivity contribution in [3.05, 3.63) is 59.2 Å². The molecule has 6 heteroatoms. The second-order valence-corrected chi connectivity index (χ2v) is 6.77. The molecule has 6 nitrogen and oxygen atoms in total. The van der Waals surface area contributed by atoms with Crippen LogP contribution >= 0.6 is 0 Å². The van der Waals surface area contributed by atoms with Crippen molar-refractivity contribution in [1.82, 2.24) is 5.32 Å².